The van der Waals surface area contributed by atoms with Gasteiger partial charge in [-0.1, -0.05) is 6.42 Å². The summed E-state index contributed by atoms with van der Waals surface area (Å²) < 4.78 is 0. The number of unbranched alkanes of at least 4 members (excludes halogenated alkanes) is 2. The van der Waals surface area contributed by atoms with Crippen LogP contribution in [0, 0.1) is 0 Å². The molecule has 1 aliphatic rings. The van der Waals surface area contributed by atoms with E-state index in [0.29, 0.717) is 6.54 Å². The summed E-state index contributed by atoms with van der Waals surface area (Å²) in [5.41, 5.74) is -0.439. The highest BCUT2D eigenvalue weighted by Crippen LogP contribution is 2.18. The number of hydrogen-bond acceptors (Lipinski definition) is 3. The summed E-state index contributed by atoms with van der Waals surface area (Å²) in [5, 5.41) is 11.4. The largest absolute Gasteiger partial charge is 0.481 e. The number of rotatable bonds is 6. The standard InChI is InChI=1S/C12H22N2O3/c1-12(2)11(17)13-7-9-14(12)8-5-3-4-6-10(15)16/h3-9H2,1-2H3,(H,13,17)(H,15,16). The summed E-state index contributed by atoms with van der Waals surface area (Å²) >= 11 is 0. The van der Waals surface area contributed by atoms with Crippen molar-refractivity contribution in [3.63, 3.8) is 0 Å². The highest BCUT2D eigenvalue weighted by molar-refractivity contribution is 5.86. The summed E-state index contributed by atoms with van der Waals surface area (Å²) in [6.07, 6.45) is 2.81. The third-order valence-corrected chi connectivity index (χ3v) is 3.33. The van der Waals surface area contributed by atoms with Gasteiger partial charge in [0.05, 0.1) is 5.54 Å². The molecule has 1 rings (SSSR count). The molecule has 0 aliphatic carbocycles. The summed E-state index contributed by atoms with van der Waals surface area (Å²) in [5.74, 6) is -0.656. The van der Waals surface area contributed by atoms with Crippen LogP contribution < -0.4 is 5.32 Å². The summed E-state index contributed by atoms with van der Waals surface area (Å²) in [6, 6.07) is 0. The predicted molar refractivity (Wildman–Crippen MR) is 64.8 cm³/mol. The average Bonchev–Trinajstić information content (AvgIpc) is 2.23. The van der Waals surface area contributed by atoms with Crippen molar-refractivity contribution in [2.24, 2.45) is 0 Å². The Kier molecular flexibility index (Phi) is 4.93. The van der Waals surface area contributed by atoms with Gasteiger partial charge >= 0.3 is 5.97 Å². The Morgan fingerprint density at radius 2 is 2.12 bits per heavy atom. The number of amides is 1. The smallest absolute Gasteiger partial charge is 0.303 e. The fourth-order valence-electron chi connectivity index (χ4n) is 2.09. The predicted octanol–water partition coefficient (Wildman–Crippen LogP) is 0.842. The van der Waals surface area contributed by atoms with Gasteiger partial charge in [-0.2, -0.15) is 0 Å². The number of carboxylic acid groups (broad SMARTS) is 1. The highest BCUT2D eigenvalue weighted by Gasteiger charge is 2.36. The van der Waals surface area contributed by atoms with E-state index in [-0.39, 0.29) is 12.3 Å². The Morgan fingerprint density at radius 3 is 2.76 bits per heavy atom. The van der Waals surface area contributed by atoms with Crippen LogP contribution in [0.4, 0.5) is 0 Å². The van der Waals surface area contributed by atoms with E-state index < -0.39 is 11.5 Å². The lowest BCUT2D eigenvalue weighted by Gasteiger charge is -2.41. The second kappa shape index (κ2) is 6.00. The normalized spacial score (nSPS) is 20.0. The molecule has 0 atom stereocenters. The maximum absolute atomic E-state index is 11.7. The molecule has 0 aromatic rings. The molecule has 0 unspecified atom stereocenters. The van der Waals surface area contributed by atoms with E-state index in [9.17, 15) is 9.59 Å². The van der Waals surface area contributed by atoms with Crippen LogP contribution in [0.2, 0.25) is 0 Å². The zero-order valence-electron chi connectivity index (χ0n) is 10.7. The lowest BCUT2D eigenvalue weighted by atomic mass is 9.98. The molecule has 0 aromatic carbocycles. The molecule has 1 heterocycles. The first-order chi connectivity index (χ1) is 7.94. The Morgan fingerprint density at radius 1 is 1.41 bits per heavy atom. The van der Waals surface area contributed by atoms with Crippen molar-refractivity contribution in [3.05, 3.63) is 0 Å². The number of carboxylic acids is 1. The van der Waals surface area contributed by atoms with Gasteiger partial charge < -0.3 is 10.4 Å². The first-order valence-corrected chi connectivity index (χ1v) is 6.20. The van der Waals surface area contributed by atoms with Crippen molar-refractivity contribution in [2.45, 2.75) is 45.1 Å². The Bertz CT molecular complexity index is 289. The fourth-order valence-corrected chi connectivity index (χ4v) is 2.09. The zero-order valence-corrected chi connectivity index (χ0v) is 10.7. The molecule has 0 radical (unpaired) electrons. The Balaban J connectivity index is 2.26. The van der Waals surface area contributed by atoms with Crippen molar-refractivity contribution < 1.29 is 14.7 Å². The molecule has 1 aliphatic heterocycles. The monoisotopic (exact) mass is 242 g/mol. The molecular weight excluding hydrogens is 220 g/mol. The number of nitrogens with zero attached hydrogens (tertiary/aromatic N) is 1. The van der Waals surface area contributed by atoms with Gasteiger partial charge in [0.15, 0.2) is 0 Å². The first kappa shape index (κ1) is 14.0. The second-order valence-corrected chi connectivity index (χ2v) is 5.01. The van der Waals surface area contributed by atoms with Gasteiger partial charge in [-0.05, 0) is 33.2 Å². The van der Waals surface area contributed by atoms with Crippen molar-refractivity contribution in [3.8, 4) is 0 Å². The quantitative estimate of drug-likeness (QED) is 0.677. The highest BCUT2D eigenvalue weighted by atomic mass is 16.4. The zero-order chi connectivity index (χ0) is 12.9. The van der Waals surface area contributed by atoms with Crippen molar-refractivity contribution in [1.82, 2.24) is 10.2 Å². The van der Waals surface area contributed by atoms with Crippen LogP contribution in [0.3, 0.4) is 0 Å². The summed E-state index contributed by atoms with van der Waals surface area (Å²) in [7, 11) is 0. The molecule has 1 fully saturated rings. The van der Waals surface area contributed by atoms with Crippen LogP contribution in [0.25, 0.3) is 0 Å². The van der Waals surface area contributed by atoms with E-state index in [2.05, 4.69) is 10.2 Å². The Labute approximate surface area is 102 Å². The van der Waals surface area contributed by atoms with Crippen molar-refractivity contribution >= 4 is 11.9 Å². The maximum Gasteiger partial charge on any atom is 0.303 e. The molecule has 1 saturated heterocycles. The van der Waals surface area contributed by atoms with E-state index in [1.165, 1.54) is 0 Å². The number of piperazine rings is 1. The average molecular weight is 242 g/mol. The summed E-state index contributed by atoms with van der Waals surface area (Å²) in [6.45, 7) is 6.30. The molecule has 98 valence electrons. The number of carbonyl (C=O) groups excluding carboxylic acids is 1. The van der Waals surface area contributed by atoms with Crippen LogP contribution in [0.15, 0.2) is 0 Å². The van der Waals surface area contributed by atoms with Crippen LogP contribution in [0.1, 0.15) is 39.5 Å². The van der Waals surface area contributed by atoms with E-state index >= 15 is 0 Å². The third kappa shape index (κ3) is 4.00. The minimum atomic E-state index is -0.734. The summed E-state index contributed by atoms with van der Waals surface area (Å²) in [4.78, 5) is 24.2. The lowest BCUT2D eigenvalue weighted by molar-refractivity contribution is -0.137. The number of nitrogens with one attached hydrogen (secondary N) is 1. The van der Waals surface area contributed by atoms with Gasteiger partial charge in [0, 0.05) is 19.5 Å². The number of aliphatic carboxylic acids is 1. The van der Waals surface area contributed by atoms with E-state index in [0.717, 1.165) is 32.4 Å². The second-order valence-electron chi connectivity index (χ2n) is 5.01. The number of hydrogen-bond donors (Lipinski definition) is 2. The molecule has 0 saturated carbocycles. The van der Waals surface area contributed by atoms with Crippen LogP contribution in [0.5, 0.6) is 0 Å². The van der Waals surface area contributed by atoms with E-state index in [4.69, 9.17) is 5.11 Å². The molecule has 0 bridgehead atoms. The molecular formula is C12H22N2O3. The van der Waals surface area contributed by atoms with Gasteiger partial charge in [-0.15, -0.1) is 0 Å². The molecule has 5 heteroatoms. The molecule has 17 heavy (non-hydrogen) atoms. The first-order valence-electron chi connectivity index (χ1n) is 6.20. The van der Waals surface area contributed by atoms with Gasteiger partial charge in [0.25, 0.3) is 0 Å². The van der Waals surface area contributed by atoms with Gasteiger partial charge in [0.2, 0.25) is 5.91 Å². The number of carbonyl (C=O) groups is 2. The van der Waals surface area contributed by atoms with E-state index in [1.807, 2.05) is 13.8 Å². The minimum Gasteiger partial charge on any atom is -0.481 e. The lowest BCUT2D eigenvalue weighted by Crippen LogP contribution is -2.61. The molecule has 2 N–H and O–H groups in total. The van der Waals surface area contributed by atoms with Crippen LogP contribution in [-0.2, 0) is 9.59 Å². The fraction of sp³-hybridized carbons (Fsp3) is 0.833. The van der Waals surface area contributed by atoms with Gasteiger partial charge in [0.1, 0.15) is 0 Å². The van der Waals surface area contributed by atoms with Crippen molar-refractivity contribution in [1.29, 1.82) is 0 Å². The maximum atomic E-state index is 11.7. The van der Waals surface area contributed by atoms with Gasteiger partial charge in [-0.25, -0.2) is 0 Å². The minimum absolute atomic E-state index is 0.0780. The van der Waals surface area contributed by atoms with E-state index in [1.54, 1.807) is 0 Å². The third-order valence-electron chi connectivity index (χ3n) is 3.33. The Hall–Kier alpha value is -1.10. The molecule has 5 nitrogen and oxygen atoms in total. The molecule has 1 amide bonds. The van der Waals surface area contributed by atoms with Crippen molar-refractivity contribution in [2.75, 3.05) is 19.6 Å². The topological polar surface area (TPSA) is 69.6 Å². The van der Waals surface area contributed by atoms with Gasteiger partial charge in [-0.3, -0.25) is 14.5 Å². The molecule has 0 spiro atoms. The van der Waals surface area contributed by atoms with Crippen LogP contribution in [-0.4, -0.2) is 47.1 Å². The molecule has 0 aromatic heterocycles. The van der Waals surface area contributed by atoms with Crippen LogP contribution >= 0.6 is 0 Å². The SMILES string of the molecule is CC1(C)C(=O)NCCN1CCCCCC(=O)O.